The first-order valence-electron chi connectivity index (χ1n) is 10.5. The number of pyridine rings is 1. The van der Waals surface area contributed by atoms with Gasteiger partial charge in [-0.2, -0.15) is 13.9 Å². The van der Waals surface area contributed by atoms with Gasteiger partial charge in [-0.05, 0) is 56.6 Å². The van der Waals surface area contributed by atoms with Crippen LogP contribution in [0.2, 0.25) is 0 Å². The molecule has 1 atom stereocenters. The molecule has 2 aromatic rings. The number of aromatic nitrogens is 3. The van der Waals surface area contributed by atoms with Crippen LogP contribution in [-0.2, 0) is 35.2 Å². The largest absolute Gasteiger partial charge is 0.354 e. The van der Waals surface area contributed by atoms with Crippen LogP contribution in [0.25, 0.3) is 0 Å². The van der Waals surface area contributed by atoms with Crippen molar-refractivity contribution in [2.24, 2.45) is 9.50 Å². The fourth-order valence-electron chi connectivity index (χ4n) is 4.62. The molecule has 1 unspecified atom stereocenters. The molecule has 0 radical (unpaired) electrons. The van der Waals surface area contributed by atoms with Crippen molar-refractivity contribution < 1.29 is 17.8 Å². The molecule has 31 heavy (non-hydrogen) atoms. The summed E-state index contributed by atoms with van der Waals surface area (Å²) in [6.45, 7) is 2.18. The van der Waals surface area contributed by atoms with E-state index < -0.39 is 27.6 Å². The monoisotopic (exact) mass is 450 g/mol. The number of hydrogen-bond donors (Lipinski definition) is 2. The van der Waals surface area contributed by atoms with Crippen LogP contribution in [0.4, 0.5) is 19.3 Å². The number of urea groups is 1. The highest BCUT2D eigenvalue weighted by Gasteiger charge is 2.42. The molecule has 0 bridgehead atoms. The minimum absolute atomic E-state index is 0.250. The van der Waals surface area contributed by atoms with Crippen molar-refractivity contribution in [2.75, 3.05) is 5.32 Å². The first-order chi connectivity index (χ1) is 14.7. The smallest absolute Gasteiger partial charge is 0.305 e. The van der Waals surface area contributed by atoms with Gasteiger partial charge in [0, 0.05) is 30.3 Å². The minimum atomic E-state index is -3.91. The van der Waals surface area contributed by atoms with Gasteiger partial charge < -0.3 is 5.32 Å². The lowest BCUT2D eigenvalue weighted by atomic mass is 10.0. The lowest BCUT2D eigenvalue weighted by Gasteiger charge is -2.24. The molecular formula is C20H24F2N6O2S. The maximum absolute atomic E-state index is 14.4. The van der Waals surface area contributed by atoms with E-state index in [1.54, 1.807) is 0 Å². The number of anilines is 1. The van der Waals surface area contributed by atoms with E-state index in [1.807, 2.05) is 6.92 Å². The summed E-state index contributed by atoms with van der Waals surface area (Å²) >= 11 is 0. The highest BCUT2D eigenvalue weighted by molar-refractivity contribution is 7.91. The summed E-state index contributed by atoms with van der Waals surface area (Å²) in [5.41, 5.74) is 3.92. The second kappa shape index (κ2) is 7.06. The predicted octanol–water partition coefficient (Wildman–Crippen LogP) is 3.77. The Kier molecular flexibility index (Phi) is 4.67. The van der Waals surface area contributed by atoms with Crippen LogP contribution in [0.15, 0.2) is 15.5 Å². The third kappa shape index (κ3) is 3.53. The number of halogens is 2. The zero-order valence-corrected chi connectivity index (χ0v) is 18.0. The molecular weight excluding hydrogens is 426 g/mol. The van der Waals surface area contributed by atoms with Gasteiger partial charge in [0.05, 0.1) is 11.9 Å². The molecule has 0 aromatic carbocycles. The fourth-order valence-corrected chi connectivity index (χ4v) is 5.74. The molecule has 2 aromatic heterocycles. The molecule has 8 nitrogen and oxygen atoms in total. The SMILES string of the molecule is Cc1c(C2CC2)nc2c(c1NC(=O)N=S(N)(=O)c1cnn3c1C(F)(F)CCC3)CCC2. The zero-order valence-electron chi connectivity index (χ0n) is 17.2. The van der Waals surface area contributed by atoms with Crippen molar-refractivity contribution in [1.82, 2.24) is 14.8 Å². The summed E-state index contributed by atoms with van der Waals surface area (Å²) in [5.74, 6) is -2.82. The molecule has 0 spiro atoms. The Morgan fingerprint density at radius 2 is 2.13 bits per heavy atom. The van der Waals surface area contributed by atoms with Crippen LogP contribution < -0.4 is 10.5 Å². The molecule has 5 rings (SSSR count). The number of aryl methyl sites for hydroxylation is 2. The molecule has 3 heterocycles. The van der Waals surface area contributed by atoms with Crippen molar-refractivity contribution in [2.45, 2.75) is 75.2 Å². The first-order valence-corrected chi connectivity index (χ1v) is 12.1. The molecule has 1 saturated carbocycles. The zero-order chi connectivity index (χ0) is 22.0. The number of fused-ring (bicyclic) bond motifs is 2. The number of hydrogen-bond acceptors (Lipinski definition) is 4. The first kappa shape index (κ1) is 20.5. The average molecular weight is 451 g/mol. The van der Waals surface area contributed by atoms with Crippen molar-refractivity contribution in [1.29, 1.82) is 0 Å². The van der Waals surface area contributed by atoms with Crippen molar-refractivity contribution in [3.63, 3.8) is 0 Å². The van der Waals surface area contributed by atoms with Gasteiger partial charge in [0.2, 0.25) is 0 Å². The lowest BCUT2D eigenvalue weighted by Crippen LogP contribution is -2.29. The second-order valence-corrected chi connectivity index (χ2v) is 10.3. The standard InChI is InChI=1S/C20H24F2N6O2S/c1-11-16(12-6-7-12)25-14-5-2-4-13(14)17(11)26-19(29)27-31(23,30)15-10-24-28-9-3-8-20(21,22)18(15)28/h10,12H,2-9H2,1H3,(H3,23,25,26,27,29,30). The molecule has 0 saturated heterocycles. The summed E-state index contributed by atoms with van der Waals surface area (Å²) in [7, 11) is -3.91. The van der Waals surface area contributed by atoms with Crippen LogP contribution in [-0.4, -0.2) is 25.0 Å². The molecule has 1 aliphatic heterocycles. The Morgan fingerprint density at radius 1 is 1.35 bits per heavy atom. The highest BCUT2D eigenvalue weighted by atomic mass is 32.2. The number of nitrogens with zero attached hydrogens (tertiary/aromatic N) is 4. The molecule has 11 heteroatoms. The van der Waals surface area contributed by atoms with E-state index in [-0.39, 0.29) is 24.3 Å². The van der Waals surface area contributed by atoms with Crippen LogP contribution in [0.1, 0.15) is 66.2 Å². The van der Waals surface area contributed by atoms with Gasteiger partial charge in [0.1, 0.15) is 20.5 Å². The third-order valence-corrected chi connectivity index (χ3v) is 7.61. The molecule has 2 amide bonds. The van der Waals surface area contributed by atoms with Gasteiger partial charge in [-0.15, -0.1) is 4.36 Å². The minimum Gasteiger partial charge on any atom is -0.305 e. The number of amides is 2. The predicted molar refractivity (Wildman–Crippen MR) is 110 cm³/mol. The highest BCUT2D eigenvalue weighted by Crippen LogP contribution is 2.44. The quantitative estimate of drug-likeness (QED) is 0.740. The van der Waals surface area contributed by atoms with E-state index in [9.17, 15) is 17.8 Å². The Bertz CT molecular complexity index is 1210. The Labute approximate surface area is 178 Å². The number of carbonyl (C=O) groups is 1. The average Bonchev–Trinajstić information content (AvgIpc) is 3.22. The lowest BCUT2D eigenvalue weighted by molar-refractivity contribution is -0.0393. The molecule has 3 aliphatic rings. The summed E-state index contributed by atoms with van der Waals surface area (Å²) < 4.78 is 46.7. The number of nitrogens with two attached hydrogens (primary N) is 1. The normalized spacial score (nSPS) is 21.2. The number of carbonyl (C=O) groups excluding carboxylic acids is 1. The van der Waals surface area contributed by atoms with Gasteiger partial charge in [-0.25, -0.2) is 14.1 Å². The van der Waals surface area contributed by atoms with Gasteiger partial charge in [0.15, 0.2) is 0 Å². The van der Waals surface area contributed by atoms with E-state index in [1.165, 1.54) is 0 Å². The Morgan fingerprint density at radius 3 is 2.87 bits per heavy atom. The van der Waals surface area contributed by atoms with Crippen molar-refractivity contribution in [3.05, 3.63) is 34.4 Å². The van der Waals surface area contributed by atoms with E-state index in [2.05, 4.69) is 14.8 Å². The molecule has 3 N–H and O–H groups in total. The van der Waals surface area contributed by atoms with Crippen molar-refractivity contribution >= 4 is 21.6 Å². The number of alkyl halides is 2. The maximum Gasteiger partial charge on any atom is 0.354 e. The topological polar surface area (TPSA) is 115 Å². The molecule has 2 aliphatic carbocycles. The van der Waals surface area contributed by atoms with Crippen LogP contribution >= 0.6 is 0 Å². The Hall–Kier alpha value is -2.40. The summed E-state index contributed by atoms with van der Waals surface area (Å²) in [6, 6.07) is -0.920. The van der Waals surface area contributed by atoms with E-state index in [4.69, 9.17) is 10.1 Å². The summed E-state index contributed by atoms with van der Waals surface area (Å²) in [6.07, 6.45) is 5.62. The number of rotatable bonds is 3. The van der Waals surface area contributed by atoms with Crippen LogP contribution in [0, 0.1) is 6.92 Å². The fraction of sp³-hybridized carbons (Fsp3) is 0.550. The molecule has 166 valence electrons. The summed E-state index contributed by atoms with van der Waals surface area (Å²) in [4.78, 5) is 17.1. The van der Waals surface area contributed by atoms with Gasteiger partial charge in [0.25, 0.3) is 5.92 Å². The van der Waals surface area contributed by atoms with E-state index in [0.29, 0.717) is 11.6 Å². The Balaban J connectivity index is 1.50. The third-order valence-electron chi connectivity index (χ3n) is 6.25. The van der Waals surface area contributed by atoms with Crippen LogP contribution in [0.5, 0.6) is 0 Å². The van der Waals surface area contributed by atoms with E-state index in [0.717, 1.165) is 65.5 Å². The van der Waals surface area contributed by atoms with Gasteiger partial charge >= 0.3 is 6.03 Å². The van der Waals surface area contributed by atoms with Gasteiger partial charge in [-0.3, -0.25) is 9.67 Å². The molecule has 1 fully saturated rings. The van der Waals surface area contributed by atoms with E-state index >= 15 is 0 Å². The second-order valence-electron chi connectivity index (χ2n) is 8.53. The summed E-state index contributed by atoms with van der Waals surface area (Å²) in [5, 5.41) is 12.4. The number of nitrogens with one attached hydrogen (secondary N) is 1. The van der Waals surface area contributed by atoms with Gasteiger partial charge in [-0.1, -0.05) is 0 Å². The van der Waals surface area contributed by atoms with Crippen molar-refractivity contribution in [3.8, 4) is 0 Å². The maximum atomic E-state index is 14.4. The van der Waals surface area contributed by atoms with Crippen LogP contribution in [0.3, 0.4) is 0 Å².